The molecule has 0 saturated carbocycles. The molecule has 2 aromatic rings. The second kappa shape index (κ2) is 10.6. The van der Waals surface area contributed by atoms with Gasteiger partial charge in [-0.05, 0) is 95.7 Å². The molecule has 0 spiro atoms. The quantitative estimate of drug-likeness (QED) is 0.667. The van der Waals surface area contributed by atoms with Crippen molar-refractivity contribution in [3.05, 3.63) is 64.2 Å². The maximum absolute atomic E-state index is 13.1. The molecule has 2 unspecified atom stereocenters. The molecule has 2 heterocycles. The van der Waals surface area contributed by atoms with Crippen molar-refractivity contribution in [2.45, 2.75) is 65.8 Å². The summed E-state index contributed by atoms with van der Waals surface area (Å²) in [7, 11) is 0. The fourth-order valence-corrected chi connectivity index (χ4v) is 5.39. The average Bonchev–Trinajstić information content (AvgIpc) is 2.84. The molecule has 2 aliphatic heterocycles. The van der Waals surface area contributed by atoms with Gasteiger partial charge in [-0.3, -0.25) is 14.4 Å². The van der Waals surface area contributed by atoms with Crippen LogP contribution in [0.5, 0.6) is 0 Å². The Morgan fingerprint density at radius 2 is 1.57 bits per heavy atom. The fraction of sp³-hybridized carbons (Fsp3) is 0.483. The summed E-state index contributed by atoms with van der Waals surface area (Å²) in [5, 5.41) is 3.05. The molecule has 0 aromatic heterocycles. The van der Waals surface area contributed by atoms with Gasteiger partial charge in [0.25, 0.3) is 11.8 Å². The molecule has 6 nitrogen and oxygen atoms in total. The number of nitrogens with zero attached hydrogens (tertiary/aromatic N) is 2. The standard InChI is InChI=1S/C29H37N3O3/c1-19-14-20(2)16-25(15-19)28(34)31-12-7-9-24(18-31)27(33)30-26-11-10-23(17-21(26)3)29(35)32-13-6-5-8-22(32)4/h10-11,14-17,22,24H,5-9,12-13,18H2,1-4H3,(H,30,33). The van der Waals surface area contributed by atoms with Crippen LogP contribution in [0, 0.1) is 26.7 Å². The van der Waals surface area contributed by atoms with E-state index in [1.54, 1.807) is 4.90 Å². The molecular weight excluding hydrogens is 438 g/mol. The van der Waals surface area contributed by atoms with Crippen molar-refractivity contribution in [2.24, 2.45) is 5.92 Å². The predicted octanol–water partition coefficient (Wildman–Crippen LogP) is 5.12. The maximum atomic E-state index is 13.1. The number of benzene rings is 2. The highest BCUT2D eigenvalue weighted by molar-refractivity contribution is 5.98. The summed E-state index contributed by atoms with van der Waals surface area (Å²) in [6, 6.07) is 11.6. The van der Waals surface area contributed by atoms with Crippen LogP contribution in [0.15, 0.2) is 36.4 Å². The van der Waals surface area contributed by atoms with E-state index in [2.05, 4.69) is 18.3 Å². The number of amides is 3. The second-order valence-electron chi connectivity index (χ2n) is 10.3. The monoisotopic (exact) mass is 475 g/mol. The summed E-state index contributed by atoms with van der Waals surface area (Å²) >= 11 is 0. The number of rotatable bonds is 4. The minimum atomic E-state index is -0.256. The van der Waals surface area contributed by atoms with E-state index in [4.69, 9.17) is 0 Å². The third-order valence-electron chi connectivity index (χ3n) is 7.34. The molecule has 0 bridgehead atoms. The predicted molar refractivity (Wildman–Crippen MR) is 139 cm³/mol. The number of piperidine rings is 2. The Morgan fingerprint density at radius 1 is 0.829 bits per heavy atom. The first kappa shape index (κ1) is 25.0. The van der Waals surface area contributed by atoms with E-state index in [0.29, 0.717) is 24.2 Å². The van der Waals surface area contributed by atoms with E-state index < -0.39 is 0 Å². The van der Waals surface area contributed by atoms with Crippen LogP contribution in [0.25, 0.3) is 0 Å². The van der Waals surface area contributed by atoms with Gasteiger partial charge in [-0.1, -0.05) is 17.2 Å². The van der Waals surface area contributed by atoms with Crippen molar-refractivity contribution in [3.63, 3.8) is 0 Å². The number of likely N-dealkylation sites (tertiary alicyclic amines) is 2. The van der Waals surface area contributed by atoms with Crippen LogP contribution < -0.4 is 5.32 Å². The van der Waals surface area contributed by atoms with Gasteiger partial charge in [0.05, 0.1) is 5.92 Å². The van der Waals surface area contributed by atoms with Crippen LogP contribution in [-0.4, -0.2) is 53.2 Å². The second-order valence-corrected chi connectivity index (χ2v) is 10.3. The Labute approximate surface area is 208 Å². The molecule has 2 atom stereocenters. The minimum absolute atomic E-state index is 0.0136. The van der Waals surface area contributed by atoms with Crippen LogP contribution in [0.4, 0.5) is 5.69 Å². The van der Waals surface area contributed by atoms with Gasteiger partial charge in [0.2, 0.25) is 5.91 Å². The molecule has 2 aromatic carbocycles. The van der Waals surface area contributed by atoms with Gasteiger partial charge in [-0.2, -0.15) is 0 Å². The largest absolute Gasteiger partial charge is 0.338 e. The molecule has 186 valence electrons. The average molecular weight is 476 g/mol. The SMILES string of the molecule is Cc1cc(C)cc(C(=O)N2CCCC(C(=O)Nc3ccc(C(=O)N4CCCCC4C)cc3C)C2)c1. The molecule has 0 aliphatic carbocycles. The normalized spacial score (nSPS) is 20.5. The lowest BCUT2D eigenvalue weighted by atomic mass is 9.95. The van der Waals surface area contributed by atoms with Crippen LogP contribution >= 0.6 is 0 Å². The highest BCUT2D eigenvalue weighted by atomic mass is 16.2. The molecule has 3 amide bonds. The van der Waals surface area contributed by atoms with E-state index in [9.17, 15) is 14.4 Å². The maximum Gasteiger partial charge on any atom is 0.254 e. The summed E-state index contributed by atoms with van der Waals surface area (Å²) in [5.74, 6) is -0.283. The van der Waals surface area contributed by atoms with Gasteiger partial charge in [0.15, 0.2) is 0 Å². The van der Waals surface area contributed by atoms with Crippen molar-refractivity contribution in [1.82, 2.24) is 9.80 Å². The lowest BCUT2D eigenvalue weighted by Gasteiger charge is -2.33. The number of nitrogens with one attached hydrogen (secondary N) is 1. The Morgan fingerprint density at radius 3 is 2.26 bits per heavy atom. The minimum Gasteiger partial charge on any atom is -0.338 e. The molecule has 6 heteroatoms. The van der Waals surface area contributed by atoms with Crippen molar-refractivity contribution in [1.29, 1.82) is 0 Å². The van der Waals surface area contributed by atoms with Crippen molar-refractivity contribution in [2.75, 3.05) is 25.0 Å². The molecule has 2 aliphatic rings. The molecule has 2 saturated heterocycles. The van der Waals surface area contributed by atoms with Crippen molar-refractivity contribution < 1.29 is 14.4 Å². The van der Waals surface area contributed by atoms with Gasteiger partial charge < -0.3 is 15.1 Å². The first-order chi connectivity index (χ1) is 16.7. The van der Waals surface area contributed by atoms with Crippen molar-refractivity contribution >= 4 is 23.4 Å². The summed E-state index contributed by atoms with van der Waals surface area (Å²) in [4.78, 5) is 43.0. The van der Waals surface area contributed by atoms with Crippen molar-refractivity contribution in [3.8, 4) is 0 Å². The smallest absolute Gasteiger partial charge is 0.254 e. The van der Waals surface area contributed by atoms with Crippen LogP contribution in [0.3, 0.4) is 0 Å². The Bertz CT molecular complexity index is 1110. The summed E-state index contributed by atoms with van der Waals surface area (Å²) in [6.07, 6.45) is 4.82. The van der Waals surface area contributed by atoms with Gasteiger partial charge in [0.1, 0.15) is 0 Å². The van der Waals surface area contributed by atoms with E-state index >= 15 is 0 Å². The van der Waals surface area contributed by atoms with Crippen LogP contribution in [-0.2, 0) is 4.79 Å². The molecule has 2 fully saturated rings. The van der Waals surface area contributed by atoms with Crippen LogP contribution in [0.1, 0.15) is 76.4 Å². The van der Waals surface area contributed by atoms with Crippen LogP contribution in [0.2, 0.25) is 0 Å². The zero-order valence-electron chi connectivity index (χ0n) is 21.4. The summed E-state index contributed by atoms with van der Waals surface area (Å²) in [5.41, 5.74) is 5.06. The molecule has 1 N–H and O–H groups in total. The lowest BCUT2D eigenvalue weighted by molar-refractivity contribution is -0.121. The summed E-state index contributed by atoms with van der Waals surface area (Å²) < 4.78 is 0. The number of anilines is 1. The Hall–Kier alpha value is -3.15. The fourth-order valence-electron chi connectivity index (χ4n) is 5.39. The molecular formula is C29H37N3O3. The highest BCUT2D eigenvalue weighted by Gasteiger charge is 2.30. The Kier molecular flexibility index (Phi) is 7.58. The van der Waals surface area contributed by atoms with Gasteiger partial charge >= 0.3 is 0 Å². The zero-order chi connectivity index (χ0) is 25.1. The lowest BCUT2D eigenvalue weighted by Crippen LogP contribution is -2.43. The van der Waals surface area contributed by atoms with Gasteiger partial charge in [-0.25, -0.2) is 0 Å². The molecule has 35 heavy (non-hydrogen) atoms. The van der Waals surface area contributed by atoms with Gasteiger partial charge in [0, 0.05) is 42.5 Å². The van der Waals surface area contributed by atoms with E-state index in [0.717, 1.165) is 54.6 Å². The zero-order valence-corrected chi connectivity index (χ0v) is 21.4. The molecule has 4 rings (SSSR count). The number of carbonyl (C=O) groups excluding carboxylic acids is 3. The molecule has 0 radical (unpaired) electrons. The number of hydrogen-bond donors (Lipinski definition) is 1. The number of aryl methyl sites for hydroxylation is 3. The third-order valence-corrected chi connectivity index (χ3v) is 7.34. The highest BCUT2D eigenvalue weighted by Crippen LogP contribution is 2.25. The first-order valence-electron chi connectivity index (χ1n) is 12.8. The van der Waals surface area contributed by atoms with E-state index in [1.807, 2.05) is 56.0 Å². The first-order valence-corrected chi connectivity index (χ1v) is 12.8. The Balaban J connectivity index is 1.40. The van der Waals surface area contributed by atoms with E-state index in [-0.39, 0.29) is 29.7 Å². The van der Waals surface area contributed by atoms with E-state index in [1.165, 1.54) is 6.42 Å². The number of carbonyl (C=O) groups is 3. The topological polar surface area (TPSA) is 69.7 Å². The summed E-state index contributed by atoms with van der Waals surface area (Å²) in [6.45, 7) is 9.89. The third kappa shape index (κ3) is 5.75. The number of hydrogen-bond acceptors (Lipinski definition) is 3. The van der Waals surface area contributed by atoms with Gasteiger partial charge in [-0.15, -0.1) is 0 Å².